The van der Waals surface area contributed by atoms with Crippen LogP contribution < -0.4 is 0 Å². The Kier molecular flexibility index (Phi) is 6.20. The Hall–Kier alpha value is -1.88. The number of aryl methyl sites for hydroxylation is 2. The maximum atomic E-state index is 13.0. The molecule has 2 saturated heterocycles. The predicted molar refractivity (Wildman–Crippen MR) is 106 cm³/mol. The highest BCUT2D eigenvalue weighted by molar-refractivity contribution is 5.80. The number of likely N-dealkylation sites (tertiary alicyclic amines) is 2. The number of methoxy groups -OCH3 is 1. The summed E-state index contributed by atoms with van der Waals surface area (Å²) in [6, 6.07) is 6.31. The number of amides is 2. The van der Waals surface area contributed by atoms with E-state index in [4.69, 9.17) is 4.74 Å². The van der Waals surface area contributed by atoms with E-state index in [0.717, 1.165) is 44.5 Å². The lowest BCUT2D eigenvalue weighted by Gasteiger charge is -2.48. The SMILES string of the molecule is COCCN1C[C@]2(CCCN(C(=O)Cc3cc(C)ccc3C)C2)CCC1=O. The van der Waals surface area contributed by atoms with Gasteiger partial charge in [0, 0.05) is 45.1 Å². The third kappa shape index (κ3) is 4.70. The second kappa shape index (κ2) is 8.42. The van der Waals surface area contributed by atoms with Crippen molar-refractivity contribution in [2.24, 2.45) is 5.41 Å². The van der Waals surface area contributed by atoms with E-state index in [-0.39, 0.29) is 17.2 Å². The highest BCUT2D eigenvalue weighted by atomic mass is 16.5. The number of carbonyl (C=O) groups is 2. The van der Waals surface area contributed by atoms with Crippen LogP contribution in [0.5, 0.6) is 0 Å². The molecule has 5 heteroatoms. The van der Waals surface area contributed by atoms with Crippen molar-refractivity contribution in [3.63, 3.8) is 0 Å². The first-order valence-corrected chi connectivity index (χ1v) is 10.0. The van der Waals surface area contributed by atoms with Crippen LogP contribution in [-0.2, 0) is 20.7 Å². The summed E-state index contributed by atoms with van der Waals surface area (Å²) in [7, 11) is 1.67. The maximum Gasteiger partial charge on any atom is 0.227 e. The minimum absolute atomic E-state index is 0.0528. The highest BCUT2D eigenvalue weighted by Gasteiger charge is 2.42. The van der Waals surface area contributed by atoms with Crippen molar-refractivity contribution in [1.29, 1.82) is 0 Å². The van der Waals surface area contributed by atoms with Crippen LogP contribution in [0.15, 0.2) is 18.2 Å². The summed E-state index contributed by atoms with van der Waals surface area (Å²) in [6.45, 7) is 7.70. The van der Waals surface area contributed by atoms with Gasteiger partial charge in [-0.1, -0.05) is 23.8 Å². The summed E-state index contributed by atoms with van der Waals surface area (Å²) in [5.74, 6) is 0.430. The Labute approximate surface area is 162 Å². The molecule has 0 aromatic heterocycles. The van der Waals surface area contributed by atoms with E-state index in [0.29, 0.717) is 26.0 Å². The first-order valence-electron chi connectivity index (χ1n) is 10.0. The standard InChI is InChI=1S/C22H32N2O3/c1-17-5-6-18(2)19(13-17)14-21(26)23-10-4-8-22(15-23)9-7-20(25)24(16-22)11-12-27-3/h5-6,13H,4,7-12,14-16H2,1-3H3/t22-/m1/s1. The molecule has 1 atom stereocenters. The lowest BCUT2D eigenvalue weighted by atomic mass is 9.73. The van der Waals surface area contributed by atoms with Crippen LogP contribution in [0, 0.1) is 19.3 Å². The first-order chi connectivity index (χ1) is 12.9. The third-order valence-electron chi connectivity index (χ3n) is 6.17. The number of benzene rings is 1. The predicted octanol–water partition coefficient (Wildman–Crippen LogP) is 2.72. The average Bonchev–Trinajstić information content (AvgIpc) is 2.66. The largest absolute Gasteiger partial charge is 0.383 e. The first kappa shape index (κ1) is 19.9. The van der Waals surface area contributed by atoms with Gasteiger partial charge in [0.2, 0.25) is 11.8 Å². The minimum Gasteiger partial charge on any atom is -0.383 e. The molecule has 0 N–H and O–H groups in total. The van der Waals surface area contributed by atoms with Crippen LogP contribution in [0.25, 0.3) is 0 Å². The molecule has 2 amide bonds. The lowest BCUT2D eigenvalue weighted by molar-refractivity contribution is -0.143. The molecule has 1 aromatic carbocycles. The number of hydrogen-bond acceptors (Lipinski definition) is 3. The van der Waals surface area contributed by atoms with E-state index >= 15 is 0 Å². The number of nitrogens with zero attached hydrogens (tertiary/aromatic N) is 2. The van der Waals surface area contributed by atoms with Crippen LogP contribution in [0.2, 0.25) is 0 Å². The fraction of sp³-hybridized carbons (Fsp3) is 0.636. The second-order valence-electron chi connectivity index (χ2n) is 8.33. The molecule has 2 heterocycles. The molecule has 3 rings (SSSR count). The zero-order valence-corrected chi connectivity index (χ0v) is 16.9. The summed E-state index contributed by atoms with van der Waals surface area (Å²) in [4.78, 5) is 29.2. The van der Waals surface area contributed by atoms with Crippen molar-refractivity contribution in [3.8, 4) is 0 Å². The van der Waals surface area contributed by atoms with Gasteiger partial charge in [-0.25, -0.2) is 0 Å². The highest BCUT2D eigenvalue weighted by Crippen LogP contribution is 2.39. The van der Waals surface area contributed by atoms with Gasteiger partial charge in [-0.3, -0.25) is 9.59 Å². The van der Waals surface area contributed by atoms with Crippen molar-refractivity contribution in [1.82, 2.24) is 9.80 Å². The smallest absolute Gasteiger partial charge is 0.227 e. The molecule has 0 bridgehead atoms. The lowest BCUT2D eigenvalue weighted by Crippen LogP contribution is -2.55. The molecule has 148 valence electrons. The van der Waals surface area contributed by atoms with E-state index in [2.05, 4.69) is 32.0 Å². The van der Waals surface area contributed by atoms with Gasteiger partial charge in [0.15, 0.2) is 0 Å². The number of rotatable bonds is 5. The zero-order valence-electron chi connectivity index (χ0n) is 16.9. The minimum atomic E-state index is 0.0528. The molecule has 0 radical (unpaired) electrons. The molecule has 2 aliphatic heterocycles. The number of carbonyl (C=O) groups excluding carboxylic acids is 2. The van der Waals surface area contributed by atoms with Crippen LogP contribution in [-0.4, -0.2) is 61.5 Å². The van der Waals surface area contributed by atoms with Gasteiger partial charge in [-0.2, -0.15) is 0 Å². The summed E-state index contributed by atoms with van der Waals surface area (Å²) < 4.78 is 5.16. The Morgan fingerprint density at radius 3 is 2.81 bits per heavy atom. The fourth-order valence-electron chi connectivity index (χ4n) is 4.53. The molecule has 1 aromatic rings. The van der Waals surface area contributed by atoms with E-state index < -0.39 is 0 Å². The molecule has 2 aliphatic rings. The fourth-order valence-corrected chi connectivity index (χ4v) is 4.53. The summed E-state index contributed by atoms with van der Waals surface area (Å²) in [5.41, 5.74) is 3.55. The zero-order chi connectivity index (χ0) is 19.4. The quantitative estimate of drug-likeness (QED) is 0.799. The molecule has 0 aliphatic carbocycles. The van der Waals surface area contributed by atoms with Gasteiger partial charge >= 0.3 is 0 Å². The molecule has 2 fully saturated rings. The van der Waals surface area contributed by atoms with E-state index in [9.17, 15) is 9.59 Å². The summed E-state index contributed by atoms with van der Waals surface area (Å²) in [5, 5.41) is 0. The molecular formula is C22H32N2O3. The Morgan fingerprint density at radius 1 is 1.22 bits per heavy atom. The molecule has 0 saturated carbocycles. The van der Waals surface area contributed by atoms with Gasteiger partial charge in [0.05, 0.1) is 13.0 Å². The van der Waals surface area contributed by atoms with Crippen LogP contribution in [0.4, 0.5) is 0 Å². The van der Waals surface area contributed by atoms with Crippen LogP contribution >= 0.6 is 0 Å². The van der Waals surface area contributed by atoms with Gasteiger partial charge < -0.3 is 14.5 Å². The van der Waals surface area contributed by atoms with Crippen molar-refractivity contribution in [2.45, 2.75) is 46.0 Å². The average molecular weight is 373 g/mol. The monoisotopic (exact) mass is 372 g/mol. The van der Waals surface area contributed by atoms with Crippen LogP contribution in [0.1, 0.15) is 42.4 Å². The molecule has 5 nitrogen and oxygen atoms in total. The molecule has 0 unspecified atom stereocenters. The topological polar surface area (TPSA) is 49.9 Å². The van der Waals surface area contributed by atoms with Crippen molar-refractivity contribution in [3.05, 3.63) is 34.9 Å². The summed E-state index contributed by atoms with van der Waals surface area (Å²) >= 11 is 0. The number of hydrogen-bond donors (Lipinski definition) is 0. The van der Waals surface area contributed by atoms with Gasteiger partial charge in [0.25, 0.3) is 0 Å². The second-order valence-corrected chi connectivity index (χ2v) is 8.33. The van der Waals surface area contributed by atoms with E-state index in [1.807, 2.05) is 9.80 Å². The maximum absolute atomic E-state index is 13.0. The van der Waals surface area contributed by atoms with Crippen LogP contribution in [0.3, 0.4) is 0 Å². The molecule has 1 spiro atoms. The Morgan fingerprint density at radius 2 is 2.04 bits per heavy atom. The van der Waals surface area contributed by atoms with E-state index in [1.54, 1.807) is 7.11 Å². The van der Waals surface area contributed by atoms with Gasteiger partial charge in [0.1, 0.15) is 0 Å². The van der Waals surface area contributed by atoms with Crippen molar-refractivity contribution in [2.75, 3.05) is 39.9 Å². The number of piperidine rings is 2. The Bertz CT molecular complexity index is 703. The summed E-state index contributed by atoms with van der Waals surface area (Å²) in [6.07, 6.45) is 4.06. The number of ether oxygens (including phenoxy) is 1. The normalized spacial score (nSPS) is 23.1. The van der Waals surface area contributed by atoms with E-state index in [1.165, 1.54) is 11.1 Å². The molecule has 27 heavy (non-hydrogen) atoms. The molecular weight excluding hydrogens is 340 g/mol. The van der Waals surface area contributed by atoms with Crippen molar-refractivity contribution >= 4 is 11.8 Å². The Balaban J connectivity index is 1.67. The third-order valence-corrected chi connectivity index (χ3v) is 6.17. The van der Waals surface area contributed by atoms with Crippen molar-refractivity contribution < 1.29 is 14.3 Å². The van der Waals surface area contributed by atoms with Gasteiger partial charge in [-0.15, -0.1) is 0 Å². The van der Waals surface area contributed by atoms with Gasteiger partial charge in [-0.05, 0) is 44.2 Å².